The van der Waals surface area contributed by atoms with Crippen LogP contribution < -0.4 is 0 Å². The quantitative estimate of drug-likeness (QED) is 0.608. The minimum absolute atomic E-state index is 0.0811. The molecule has 4 atom stereocenters. The molecule has 4 nitrogen and oxygen atoms in total. The summed E-state index contributed by atoms with van der Waals surface area (Å²) in [5.74, 6) is -0.0141. The minimum atomic E-state index is -0.890. The molecule has 6 rings (SSSR count). The summed E-state index contributed by atoms with van der Waals surface area (Å²) < 4.78 is 5.37. The summed E-state index contributed by atoms with van der Waals surface area (Å²) >= 11 is 0. The van der Waals surface area contributed by atoms with Gasteiger partial charge < -0.3 is 4.74 Å². The first-order chi connectivity index (χ1) is 15.5. The molecule has 162 valence electrons. The first-order valence-electron chi connectivity index (χ1n) is 11.2. The van der Waals surface area contributed by atoms with Crippen molar-refractivity contribution in [1.29, 1.82) is 0 Å². The number of Topliss-reactive ketones (excluding diaryl/α,β-unsaturated/α-hetero) is 1. The topological polar surface area (TPSA) is 46.6 Å². The van der Waals surface area contributed by atoms with E-state index >= 15 is 0 Å². The lowest BCUT2D eigenvalue weighted by Gasteiger charge is -2.53. The molecule has 0 unspecified atom stereocenters. The van der Waals surface area contributed by atoms with Crippen molar-refractivity contribution in [3.63, 3.8) is 0 Å². The Morgan fingerprint density at radius 3 is 2.31 bits per heavy atom. The molecule has 1 amide bonds. The average Bonchev–Trinajstić information content (AvgIpc) is 2.99. The number of benzene rings is 2. The van der Waals surface area contributed by atoms with Gasteiger partial charge in [-0.2, -0.15) is 0 Å². The smallest absolute Gasteiger partial charge is 0.414 e. The van der Waals surface area contributed by atoms with E-state index in [1.54, 1.807) is 11.8 Å². The summed E-state index contributed by atoms with van der Waals surface area (Å²) in [4.78, 5) is 28.7. The van der Waals surface area contributed by atoms with Crippen LogP contribution in [0.15, 0.2) is 90.7 Å². The van der Waals surface area contributed by atoms with Crippen LogP contribution in [-0.2, 0) is 14.9 Å². The van der Waals surface area contributed by atoms with Crippen LogP contribution in [0.5, 0.6) is 0 Å². The van der Waals surface area contributed by atoms with Crippen LogP contribution in [0.4, 0.5) is 4.79 Å². The molecule has 4 aliphatic rings. The molecule has 4 heteroatoms. The molecule has 2 aliphatic heterocycles. The van der Waals surface area contributed by atoms with Crippen LogP contribution in [0.1, 0.15) is 31.9 Å². The number of amides is 1. The van der Waals surface area contributed by atoms with E-state index in [4.69, 9.17) is 4.74 Å². The van der Waals surface area contributed by atoms with Crippen LogP contribution in [-0.4, -0.2) is 29.4 Å². The molecule has 2 bridgehead atoms. The SMILES string of the molecule is CCOC(=O)N1C=C[C@H]2C=C[C@@H]1[C@@]1(C)C(=O)C(C)=C(c3ccccc3)[C@]21c1ccccc1. The zero-order valence-corrected chi connectivity index (χ0v) is 18.6. The number of hydrogen-bond donors (Lipinski definition) is 0. The van der Waals surface area contributed by atoms with Crippen LogP contribution in [0.3, 0.4) is 0 Å². The third-order valence-electron chi connectivity index (χ3n) is 7.52. The van der Waals surface area contributed by atoms with Gasteiger partial charge >= 0.3 is 6.09 Å². The van der Waals surface area contributed by atoms with E-state index in [1.807, 2.05) is 62.5 Å². The van der Waals surface area contributed by atoms with Crippen LogP contribution in [0.2, 0.25) is 0 Å². The van der Waals surface area contributed by atoms with Gasteiger partial charge in [-0.3, -0.25) is 9.69 Å². The number of ketones is 1. The average molecular weight is 426 g/mol. The molecule has 2 aromatic carbocycles. The fraction of sp³-hybridized carbons (Fsp3) is 0.286. The summed E-state index contributed by atoms with van der Waals surface area (Å²) in [6.07, 6.45) is 7.61. The molecule has 2 aliphatic carbocycles. The molecule has 0 fully saturated rings. The van der Waals surface area contributed by atoms with Gasteiger partial charge in [0.25, 0.3) is 0 Å². The normalized spacial score (nSPS) is 30.5. The Hall–Kier alpha value is -3.40. The number of ether oxygens (including phenoxy) is 1. The Morgan fingerprint density at radius 1 is 1.00 bits per heavy atom. The molecule has 0 spiro atoms. The van der Waals surface area contributed by atoms with Crippen LogP contribution in [0, 0.1) is 11.3 Å². The van der Waals surface area contributed by atoms with Crippen molar-refractivity contribution in [3.05, 3.63) is 102 Å². The fourth-order valence-corrected chi connectivity index (χ4v) is 6.30. The predicted octanol–water partition coefficient (Wildman–Crippen LogP) is 5.53. The largest absolute Gasteiger partial charge is 0.449 e. The lowest BCUT2D eigenvalue weighted by Crippen LogP contribution is -2.60. The Morgan fingerprint density at radius 2 is 1.66 bits per heavy atom. The Kier molecular flexibility index (Phi) is 4.70. The van der Waals surface area contributed by atoms with Crippen LogP contribution in [0.25, 0.3) is 5.57 Å². The molecule has 2 heterocycles. The number of allylic oxidation sites excluding steroid dienone is 4. The second-order valence-corrected chi connectivity index (χ2v) is 8.87. The van der Waals surface area contributed by atoms with Crippen molar-refractivity contribution in [2.45, 2.75) is 32.2 Å². The summed E-state index contributed by atoms with van der Waals surface area (Å²) in [7, 11) is 0. The summed E-state index contributed by atoms with van der Waals surface area (Å²) in [5, 5.41) is 0. The molecule has 32 heavy (non-hydrogen) atoms. The van der Waals surface area contributed by atoms with Gasteiger partial charge in [0.2, 0.25) is 0 Å². The van der Waals surface area contributed by atoms with Gasteiger partial charge in [-0.15, -0.1) is 0 Å². The van der Waals surface area contributed by atoms with E-state index in [9.17, 15) is 9.59 Å². The van der Waals surface area contributed by atoms with Gasteiger partial charge in [0, 0.05) is 17.5 Å². The van der Waals surface area contributed by atoms with Crippen molar-refractivity contribution < 1.29 is 14.3 Å². The van der Waals surface area contributed by atoms with E-state index in [1.165, 1.54) is 0 Å². The lowest BCUT2D eigenvalue weighted by molar-refractivity contribution is -0.128. The second kappa shape index (κ2) is 7.33. The molecular formula is C28H27NO3. The summed E-state index contributed by atoms with van der Waals surface area (Å²) in [6.45, 7) is 6.04. The maximum atomic E-state index is 14.2. The minimum Gasteiger partial charge on any atom is -0.449 e. The Bertz CT molecular complexity index is 1160. The first kappa shape index (κ1) is 20.5. The van der Waals surface area contributed by atoms with Crippen molar-refractivity contribution in [1.82, 2.24) is 4.90 Å². The molecule has 0 radical (unpaired) electrons. The van der Waals surface area contributed by atoms with E-state index in [-0.39, 0.29) is 18.3 Å². The fourth-order valence-electron chi connectivity index (χ4n) is 6.30. The second-order valence-electron chi connectivity index (χ2n) is 8.87. The van der Waals surface area contributed by atoms with Crippen molar-refractivity contribution >= 4 is 17.4 Å². The highest BCUT2D eigenvalue weighted by atomic mass is 16.6. The number of fused-ring (bicyclic) bond motifs is 1. The molecule has 2 aromatic rings. The highest BCUT2D eigenvalue weighted by molar-refractivity contribution is 6.15. The van der Waals surface area contributed by atoms with Gasteiger partial charge in [0.1, 0.15) is 0 Å². The first-order valence-corrected chi connectivity index (χ1v) is 11.2. The van der Waals surface area contributed by atoms with Crippen molar-refractivity contribution in [3.8, 4) is 0 Å². The number of carbonyl (C=O) groups excluding carboxylic acids is 2. The predicted molar refractivity (Wildman–Crippen MR) is 125 cm³/mol. The number of hydrogen-bond acceptors (Lipinski definition) is 3. The van der Waals surface area contributed by atoms with Gasteiger partial charge in [-0.05, 0) is 43.0 Å². The molecule has 0 saturated heterocycles. The van der Waals surface area contributed by atoms with E-state index < -0.39 is 23.0 Å². The van der Waals surface area contributed by atoms with Crippen molar-refractivity contribution in [2.75, 3.05) is 6.61 Å². The summed E-state index contributed by atoms with van der Waals surface area (Å²) in [6, 6.07) is 20.0. The molecule has 0 saturated carbocycles. The van der Waals surface area contributed by atoms with Gasteiger partial charge in [0.15, 0.2) is 5.78 Å². The van der Waals surface area contributed by atoms with Crippen molar-refractivity contribution in [2.24, 2.45) is 11.3 Å². The van der Waals surface area contributed by atoms with E-state index in [0.29, 0.717) is 0 Å². The summed E-state index contributed by atoms with van der Waals surface area (Å²) in [5.41, 5.74) is 2.41. The zero-order valence-electron chi connectivity index (χ0n) is 18.6. The van der Waals surface area contributed by atoms with Gasteiger partial charge in [0.05, 0.1) is 18.1 Å². The number of carbonyl (C=O) groups is 2. The standard InChI is InChI=1S/C28H27NO3/c1-4-32-26(31)29-18-17-22-15-16-23(29)27(3)25(30)19(2)24(20-11-7-5-8-12-20)28(22,27)21-13-9-6-10-14-21/h5-18,22-23H,4H2,1-3H3/t22-,23-,27+,28+/m1/s1. The number of rotatable bonds is 3. The Labute approximate surface area is 188 Å². The van der Waals surface area contributed by atoms with Gasteiger partial charge in [-0.1, -0.05) is 78.9 Å². The monoisotopic (exact) mass is 425 g/mol. The molecule has 0 aromatic heterocycles. The third kappa shape index (κ3) is 2.44. The lowest BCUT2D eigenvalue weighted by atomic mass is 9.49. The third-order valence-corrected chi connectivity index (χ3v) is 7.52. The molecule has 0 N–H and O–H groups in total. The number of nitrogens with zero attached hydrogens (tertiary/aromatic N) is 1. The Balaban J connectivity index is 1.84. The highest BCUT2D eigenvalue weighted by Crippen LogP contribution is 2.67. The van der Waals surface area contributed by atoms with Gasteiger partial charge in [-0.25, -0.2) is 4.79 Å². The molecular weight excluding hydrogens is 398 g/mol. The van der Waals surface area contributed by atoms with Crippen LogP contribution >= 0.6 is 0 Å². The highest BCUT2D eigenvalue weighted by Gasteiger charge is 2.69. The van der Waals surface area contributed by atoms with E-state index in [2.05, 4.69) is 36.4 Å². The van der Waals surface area contributed by atoms with E-state index in [0.717, 1.165) is 22.3 Å². The zero-order chi connectivity index (χ0) is 22.5. The maximum absolute atomic E-state index is 14.2. The maximum Gasteiger partial charge on any atom is 0.414 e.